The maximum absolute atomic E-state index is 12.2. The Hall–Kier alpha value is -2.31. The number of aromatic nitrogens is 1. The number of nitrogens with zero attached hydrogens (tertiary/aromatic N) is 2. The third-order valence-corrected chi connectivity index (χ3v) is 4.20. The Kier molecular flexibility index (Phi) is 6.09. The number of benzene rings is 1. The van der Waals surface area contributed by atoms with Crippen molar-refractivity contribution in [2.75, 3.05) is 26.2 Å². The molecule has 1 N–H and O–H groups in total. The number of amides is 1. The molecule has 6 nitrogen and oxygen atoms in total. The number of hydrogen-bond donors (Lipinski definition) is 1. The van der Waals surface area contributed by atoms with Gasteiger partial charge >= 0.3 is 6.09 Å². The Labute approximate surface area is 148 Å². The summed E-state index contributed by atoms with van der Waals surface area (Å²) in [6, 6.07) is 11.8. The lowest BCUT2D eigenvalue weighted by Gasteiger charge is -2.32. The van der Waals surface area contributed by atoms with Crippen LogP contribution in [0.2, 0.25) is 0 Å². The molecule has 1 unspecified atom stereocenters. The quantitative estimate of drug-likeness (QED) is 0.873. The number of carbonyl (C=O) groups is 1. The fraction of sp³-hybridized carbons (Fsp3) is 0.421. The molecule has 0 spiro atoms. The van der Waals surface area contributed by atoms with Crippen molar-refractivity contribution >= 4 is 6.09 Å². The van der Waals surface area contributed by atoms with Gasteiger partial charge in [-0.1, -0.05) is 30.3 Å². The Balaban J connectivity index is 1.40. The second kappa shape index (κ2) is 8.69. The van der Waals surface area contributed by atoms with Gasteiger partial charge in [-0.25, -0.2) is 4.79 Å². The van der Waals surface area contributed by atoms with E-state index in [2.05, 4.69) is 17.6 Å². The van der Waals surface area contributed by atoms with Crippen molar-refractivity contribution in [1.29, 1.82) is 0 Å². The summed E-state index contributed by atoms with van der Waals surface area (Å²) in [4.78, 5) is 14.0. The molecule has 1 aromatic carbocycles. The SMILES string of the molecule is Cn1ccc(CNCC2CN(C(=O)OCc3ccccc3)CCO2)c1. The molecule has 0 aliphatic carbocycles. The number of rotatable bonds is 6. The van der Waals surface area contributed by atoms with Crippen LogP contribution in [0.25, 0.3) is 0 Å². The Morgan fingerprint density at radius 1 is 1.28 bits per heavy atom. The molecular weight excluding hydrogens is 318 g/mol. The summed E-state index contributed by atoms with van der Waals surface area (Å²) in [7, 11) is 2.01. The number of carbonyl (C=O) groups excluding carboxylic acids is 1. The van der Waals surface area contributed by atoms with Crippen molar-refractivity contribution in [3.63, 3.8) is 0 Å². The zero-order chi connectivity index (χ0) is 17.5. The normalized spacial score (nSPS) is 17.5. The van der Waals surface area contributed by atoms with E-state index in [0.717, 1.165) is 12.1 Å². The van der Waals surface area contributed by atoms with E-state index in [9.17, 15) is 4.79 Å². The summed E-state index contributed by atoms with van der Waals surface area (Å²) >= 11 is 0. The molecular formula is C19H25N3O3. The molecule has 1 saturated heterocycles. The molecule has 1 atom stereocenters. The van der Waals surface area contributed by atoms with Crippen LogP contribution in [0, 0.1) is 0 Å². The van der Waals surface area contributed by atoms with Gasteiger partial charge in [0, 0.05) is 39.1 Å². The standard InChI is InChI=1S/C19H25N3O3/c1-21-8-7-17(13-21)11-20-12-18-14-22(9-10-24-18)19(23)25-15-16-5-3-2-4-6-16/h2-8,13,18,20H,9-12,14-15H2,1H3. The maximum Gasteiger partial charge on any atom is 0.410 e. The minimum atomic E-state index is -0.278. The van der Waals surface area contributed by atoms with Gasteiger partial charge in [0.25, 0.3) is 0 Å². The molecule has 0 radical (unpaired) electrons. The van der Waals surface area contributed by atoms with Crippen molar-refractivity contribution in [3.05, 3.63) is 59.9 Å². The van der Waals surface area contributed by atoms with Crippen molar-refractivity contribution < 1.29 is 14.3 Å². The molecule has 2 heterocycles. The first-order valence-electron chi connectivity index (χ1n) is 8.59. The largest absolute Gasteiger partial charge is 0.445 e. The lowest BCUT2D eigenvalue weighted by Crippen LogP contribution is -2.49. The highest BCUT2D eigenvalue weighted by molar-refractivity contribution is 5.67. The summed E-state index contributed by atoms with van der Waals surface area (Å²) in [6.07, 6.45) is 3.82. The van der Waals surface area contributed by atoms with Gasteiger partial charge in [-0.05, 0) is 17.2 Å². The highest BCUT2D eigenvalue weighted by Crippen LogP contribution is 2.09. The van der Waals surface area contributed by atoms with Crippen LogP contribution in [0.15, 0.2) is 48.8 Å². The van der Waals surface area contributed by atoms with Crippen LogP contribution < -0.4 is 5.32 Å². The van der Waals surface area contributed by atoms with Gasteiger partial charge in [-0.3, -0.25) is 0 Å². The molecule has 3 rings (SSSR count). The molecule has 0 saturated carbocycles. The molecule has 2 aromatic rings. The average molecular weight is 343 g/mol. The van der Waals surface area contributed by atoms with Crippen LogP contribution in [-0.2, 0) is 29.7 Å². The van der Waals surface area contributed by atoms with Crippen molar-refractivity contribution in [1.82, 2.24) is 14.8 Å². The summed E-state index contributed by atoms with van der Waals surface area (Å²) in [5.41, 5.74) is 2.22. The summed E-state index contributed by atoms with van der Waals surface area (Å²) in [6.45, 7) is 3.46. The smallest absolute Gasteiger partial charge is 0.410 e. The number of morpholine rings is 1. The highest BCUT2D eigenvalue weighted by Gasteiger charge is 2.25. The fourth-order valence-corrected chi connectivity index (χ4v) is 2.86. The van der Waals surface area contributed by atoms with Gasteiger partial charge in [-0.2, -0.15) is 0 Å². The van der Waals surface area contributed by atoms with Crippen molar-refractivity contribution in [2.24, 2.45) is 7.05 Å². The Morgan fingerprint density at radius 3 is 2.88 bits per heavy atom. The first-order chi connectivity index (χ1) is 12.2. The molecule has 0 bridgehead atoms. The number of ether oxygens (including phenoxy) is 2. The summed E-state index contributed by atoms with van der Waals surface area (Å²) in [5.74, 6) is 0. The van der Waals surface area contributed by atoms with Gasteiger partial charge < -0.3 is 24.3 Å². The third-order valence-electron chi connectivity index (χ3n) is 4.20. The molecule has 6 heteroatoms. The van der Waals surface area contributed by atoms with Crippen LogP contribution in [0.4, 0.5) is 4.79 Å². The number of nitrogens with one attached hydrogen (secondary N) is 1. The Bertz CT molecular complexity index is 672. The van der Waals surface area contributed by atoms with Crippen molar-refractivity contribution in [2.45, 2.75) is 19.3 Å². The number of aryl methyl sites for hydroxylation is 1. The average Bonchev–Trinajstić information content (AvgIpc) is 3.06. The van der Waals surface area contributed by atoms with E-state index in [1.807, 2.05) is 48.1 Å². The minimum Gasteiger partial charge on any atom is -0.445 e. The van der Waals surface area contributed by atoms with E-state index in [1.165, 1.54) is 5.56 Å². The molecule has 1 fully saturated rings. The minimum absolute atomic E-state index is 0.0123. The zero-order valence-electron chi connectivity index (χ0n) is 14.6. The van der Waals surface area contributed by atoms with Gasteiger partial charge in [0.15, 0.2) is 0 Å². The van der Waals surface area contributed by atoms with Crippen LogP contribution in [0.3, 0.4) is 0 Å². The lowest BCUT2D eigenvalue weighted by molar-refractivity contribution is -0.0271. The summed E-state index contributed by atoms with van der Waals surface area (Å²) in [5, 5.41) is 3.38. The van der Waals surface area contributed by atoms with Gasteiger partial charge in [-0.15, -0.1) is 0 Å². The van der Waals surface area contributed by atoms with Gasteiger partial charge in [0.1, 0.15) is 6.61 Å². The van der Waals surface area contributed by atoms with E-state index in [4.69, 9.17) is 9.47 Å². The van der Waals surface area contributed by atoms with Crippen LogP contribution in [-0.4, -0.2) is 47.9 Å². The van der Waals surface area contributed by atoms with Crippen LogP contribution in [0.5, 0.6) is 0 Å². The van der Waals surface area contributed by atoms with E-state index < -0.39 is 0 Å². The second-order valence-electron chi connectivity index (χ2n) is 6.30. The van der Waals surface area contributed by atoms with Gasteiger partial charge in [0.2, 0.25) is 0 Å². The van der Waals surface area contributed by atoms with E-state index in [0.29, 0.717) is 32.8 Å². The number of hydrogen-bond acceptors (Lipinski definition) is 4. The predicted molar refractivity (Wildman–Crippen MR) is 95.1 cm³/mol. The van der Waals surface area contributed by atoms with Crippen LogP contribution >= 0.6 is 0 Å². The third kappa shape index (κ3) is 5.34. The monoisotopic (exact) mass is 343 g/mol. The topological polar surface area (TPSA) is 55.7 Å². The molecule has 25 heavy (non-hydrogen) atoms. The first kappa shape index (κ1) is 17.5. The van der Waals surface area contributed by atoms with E-state index >= 15 is 0 Å². The summed E-state index contributed by atoms with van der Waals surface area (Å²) < 4.78 is 13.2. The molecule has 1 aliphatic rings. The maximum atomic E-state index is 12.2. The lowest BCUT2D eigenvalue weighted by atomic mass is 10.2. The predicted octanol–water partition coefficient (Wildman–Crippen LogP) is 2.15. The van der Waals surface area contributed by atoms with Gasteiger partial charge in [0.05, 0.1) is 19.3 Å². The fourth-order valence-electron chi connectivity index (χ4n) is 2.86. The van der Waals surface area contributed by atoms with Crippen LogP contribution in [0.1, 0.15) is 11.1 Å². The Morgan fingerprint density at radius 2 is 2.12 bits per heavy atom. The van der Waals surface area contributed by atoms with E-state index in [1.54, 1.807) is 4.90 Å². The van der Waals surface area contributed by atoms with Crippen molar-refractivity contribution in [3.8, 4) is 0 Å². The zero-order valence-corrected chi connectivity index (χ0v) is 14.6. The molecule has 1 aliphatic heterocycles. The molecule has 1 aromatic heterocycles. The molecule has 134 valence electrons. The first-order valence-corrected chi connectivity index (χ1v) is 8.59. The second-order valence-corrected chi connectivity index (χ2v) is 6.30. The molecule has 1 amide bonds. The highest BCUT2D eigenvalue weighted by atomic mass is 16.6. The van der Waals surface area contributed by atoms with E-state index in [-0.39, 0.29) is 12.2 Å².